The van der Waals surface area contributed by atoms with Crippen molar-refractivity contribution >= 4 is 10.9 Å². The minimum atomic E-state index is 0.680. The van der Waals surface area contributed by atoms with Crippen LogP contribution in [0.4, 0.5) is 0 Å². The Morgan fingerprint density at radius 2 is 2.20 bits per heavy atom. The standard InChI is InChI=1S/C16H19N3O/c1-4-13(12-20-3)10-19(2)11-16-17-9-14-7-5-6-8-15(14)18-16/h4-9,12H,1,10-11H2,2-3H3/b13-12+. The van der Waals surface area contributed by atoms with Gasteiger partial charge in [-0.25, -0.2) is 9.97 Å². The van der Waals surface area contributed by atoms with Gasteiger partial charge in [-0.1, -0.05) is 30.9 Å². The number of methoxy groups -OCH3 is 1. The first-order valence-electron chi connectivity index (χ1n) is 6.46. The largest absolute Gasteiger partial charge is 0.504 e. The number of nitrogens with zero attached hydrogens (tertiary/aromatic N) is 3. The average Bonchev–Trinajstić information content (AvgIpc) is 2.46. The summed E-state index contributed by atoms with van der Waals surface area (Å²) in [7, 11) is 3.65. The molecule has 0 spiro atoms. The summed E-state index contributed by atoms with van der Waals surface area (Å²) in [4.78, 5) is 11.1. The van der Waals surface area contributed by atoms with Gasteiger partial charge in [0.2, 0.25) is 0 Å². The number of ether oxygens (including phenoxy) is 1. The van der Waals surface area contributed by atoms with Crippen molar-refractivity contribution in [3.8, 4) is 0 Å². The third-order valence-corrected chi connectivity index (χ3v) is 2.93. The molecule has 0 radical (unpaired) electrons. The summed E-state index contributed by atoms with van der Waals surface area (Å²) in [6.45, 7) is 5.20. The van der Waals surface area contributed by atoms with Crippen LogP contribution in [0.5, 0.6) is 0 Å². The Bertz CT molecular complexity index is 622. The SMILES string of the molecule is C=C/C(=C\OC)CN(C)Cc1ncc2ccccc2n1. The third kappa shape index (κ3) is 3.65. The van der Waals surface area contributed by atoms with Crippen molar-refractivity contribution in [2.45, 2.75) is 6.54 Å². The number of hydrogen-bond donors (Lipinski definition) is 0. The molecule has 0 fully saturated rings. The van der Waals surface area contributed by atoms with E-state index in [9.17, 15) is 0 Å². The van der Waals surface area contributed by atoms with Crippen molar-refractivity contribution in [1.82, 2.24) is 14.9 Å². The smallest absolute Gasteiger partial charge is 0.142 e. The fourth-order valence-corrected chi connectivity index (χ4v) is 2.00. The van der Waals surface area contributed by atoms with E-state index >= 15 is 0 Å². The Morgan fingerprint density at radius 1 is 1.40 bits per heavy atom. The zero-order valence-electron chi connectivity index (χ0n) is 11.9. The molecular weight excluding hydrogens is 250 g/mol. The van der Waals surface area contributed by atoms with Crippen molar-refractivity contribution < 1.29 is 4.74 Å². The van der Waals surface area contributed by atoms with E-state index in [4.69, 9.17) is 4.74 Å². The highest BCUT2D eigenvalue weighted by Gasteiger charge is 2.05. The van der Waals surface area contributed by atoms with Crippen LogP contribution in [0.3, 0.4) is 0 Å². The zero-order chi connectivity index (χ0) is 14.4. The molecule has 1 aromatic carbocycles. The van der Waals surface area contributed by atoms with Gasteiger partial charge >= 0.3 is 0 Å². The number of para-hydroxylation sites is 1. The van der Waals surface area contributed by atoms with Gasteiger partial charge in [0, 0.05) is 23.7 Å². The van der Waals surface area contributed by atoms with Gasteiger partial charge in [-0.15, -0.1) is 0 Å². The van der Waals surface area contributed by atoms with E-state index in [2.05, 4.69) is 21.4 Å². The Hall–Kier alpha value is -2.20. The van der Waals surface area contributed by atoms with E-state index in [1.165, 1.54) is 0 Å². The Balaban J connectivity index is 2.07. The predicted molar refractivity (Wildman–Crippen MR) is 81.2 cm³/mol. The lowest BCUT2D eigenvalue weighted by atomic mass is 10.2. The van der Waals surface area contributed by atoms with Crippen LogP contribution in [-0.4, -0.2) is 35.6 Å². The predicted octanol–water partition coefficient (Wildman–Crippen LogP) is 2.78. The van der Waals surface area contributed by atoms with Crippen molar-refractivity contribution in [3.05, 3.63) is 60.8 Å². The van der Waals surface area contributed by atoms with Crippen molar-refractivity contribution in [2.24, 2.45) is 0 Å². The maximum Gasteiger partial charge on any atom is 0.142 e. The zero-order valence-corrected chi connectivity index (χ0v) is 11.9. The van der Waals surface area contributed by atoms with E-state index in [1.54, 1.807) is 19.4 Å². The third-order valence-electron chi connectivity index (χ3n) is 2.93. The van der Waals surface area contributed by atoms with Crippen LogP contribution in [-0.2, 0) is 11.3 Å². The molecule has 104 valence electrons. The second kappa shape index (κ2) is 6.82. The van der Waals surface area contributed by atoms with Crippen LogP contribution in [0, 0.1) is 0 Å². The number of aromatic nitrogens is 2. The van der Waals surface area contributed by atoms with E-state index in [0.717, 1.165) is 28.8 Å². The molecule has 0 N–H and O–H groups in total. The van der Waals surface area contributed by atoms with Crippen LogP contribution in [0.2, 0.25) is 0 Å². The highest BCUT2D eigenvalue weighted by atomic mass is 16.5. The Morgan fingerprint density at radius 3 is 2.95 bits per heavy atom. The summed E-state index contributed by atoms with van der Waals surface area (Å²) in [6, 6.07) is 7.99. The number of benzene rings is 1. The molecule has 4 heteroatoms. The molecule has 0 saturated heterocycles. The lowest BCUT2D eigenvalue weighted by molar-refractivity contribution is 0.316. The summed E-state index contributed by atoms with van der Waals surface area (Å²) in [6.07, 6.45) is 5.36. The van der Waals surface area contributed by atoms with E-state index < -0.39 is 0 Å². The van der Waals surface area contributed by atoms with Crippen LogP contribution in [0.1, 0.15) is 5.82 Å². The normalized spacial score (nSPS) is 11.8. The Labute approximate surface area is 119 Å². The number of fused-ring (bicyclic) bond motifs is 1. The molecule has 0 unspecified atom stereocenters. The quantitative estimate of drug-likeness (QED) is 0.597. The molecule has 2 aromatic rings. The van der Waals surface area contributed by atoms with Gasteiger partial charge in [0.25, 0.3) is 0 Å². The second-order valence-corrected chi connectivity index (χ2v) is 4.65. The van der Waals surface area contributed by atoms with E-state index in [0.29, 0.717) is 6.54 Å². The first kappa shape index (κ1) is 14.2. The Kier molecular flexibility index (Phi) is 4.85. The molecule has 4 nitrogen and oxygen atoms in total. The molecule has 0 atom stereocenters. The molecule has 2 rings (SSSR count). The van der Waals surface area contributed by atoms with Gasteiger partial charge in [-0.2, -0.15) is 0 Å². The lowest BCUT2D eigenvalue weighted by Gasteiger charge is -2.16. The molecule has 20 heavy (non-hydrogen) atoms. The molecule has 0 saturated carbocycles. The highest BCUT2D eigenvalue weighted by molar-refractivity contribution is 5.77. The van der Waals surface area contributed by atoms with Crippen LogP contribution in [0.25, 0.3) is 10.9 Å². The number of hydrogen-bond acceptors (Lipinski definition) is 4. The monoisotopic (exact) mass is 269 g/mol. The molecule has 0 aliphatic rings. The van der Waals surface area contributed by atoms with Gasteiger partial charge in [0.15, 0.2) is 0 Å². The molecular formula is C16H19N3O. The number of rotatable bonds is 6. The van der Waals surface area contributed by atoms with Gasteiger partial charge in [0.1, 0.15) is 5.82 Å². The molecule has 0 bridgehead atoms. The van der Waals surface area contributed by atoms with Gasteiger partial charge in [-0.3, -0.25) is 4.90 Å². The summed E-state index contributed by atoms with van der Waals surface area (Å²) in [5, 5.41) is 1.06. The fourth-order valence-electron chi connectivity index (χ4n) is 2.00. The van der Waals surface area contributed by atoms with Crippen LogP contribution >= 0.6 is 0 Å². The van der Waals surface area contributed by atoms with E-state index in [-0.39, 0.29) is 0 Å². The molecule has 1 aromatic heterocycles. The van der Waals surface area contributed by atoms with Crippen molar-refractivity contribution in [3.63, 3.8) is 0 Å². The summed E-state index contributed by atoms with van der Waals surface area (Å²) in [5.41, 5.74) is 2.00. The maximum absolute atomic E-state index is 5.01. The molecule has 0 amide bonds. The van der Waals surface area contributed by atoms with E-state index in [1.807, 2.05) is 37.5 Å². The lowest BCUT2D eigenvalue weighted by Crippen LogP contribution is -2.21. The first-order valence-corrected chi connectivity index (χ1v) is 6.46. The average molecular weight is 269 g/mol. The summed E-state index contributed by atoms with van der Waals surface area (Å²) >= 11 is 0. The molecule has 1 heterocycles. The van der Waals surface area contributed by atoms with Crippen molar-refractivity contribution in [1.29, 1.82) is 0 Å². The van der Waals surface area contributed by atoms with Crippen LogP contribution < -0.4 is 0 Å². The molecule has 0 aliphatic heterocycles. The summed E-state index contributed by atoms with van der Waals surface area (Å²) < 4.78 is 5.01. The minimum absolute atomic E-state index is 0.680. The first-order chi connectivity index (χ1) is 9.72. The van der Waals surface area contributed by atoms with Crippen molar-refractivity contribution in [2.75, 3.05) is 20.7 Å². The molecule has 0 aliphatic carbocycles. The highest BCUT2D eigenvalue weighted by Crippen LogP contribution is 2.10. The minimum Gasteiger partial charge on any atom is -0.504 e. The second-order valence-electron chi connectivity index (χ2n) is 4.65. The van der Waals surface area contributed by atoms with Gasteiger partial charge < -0.3 is 4.74 Å². The van der Waals surface area contributed by atoms with Crippen LogP contribution in [0.15, 0.2) is 55.0 Å². The fraction of sp³-hybridized carbons (Fsp3) is 0.250. The maximum atomic E-state index is 5.01. The summed E-state index contributed by atoms with van der Waals surface area (Å²) in [5.74, 6) is 0.812. The van der Waals surface area contributed by atoms with Gasteiger partial charge in [0.05, 0.1) is 25.4 Å². The number of likely N-dealkylation sites (N-methyl/N-ethyl adjacent to an activating group) is 1. The van der Waals surface area contributed by atoms with Gasteiger partial charge in [-0.05, 0) is 13.1 Å². The topological polar surface area (TPSA) is 38.2 Å².